The quantitative estimate of drug-likeness (QED) is 0.869. The van der Waals surface area contributed by atoms with Crippen molar-refractivity contribution >= 4 is 0 Å². The number of benzene rings is 1. The largest absolute Gasteiger partial charge is 0.484 e. The molecule has 2 nitrogen and oxygen atoms in total. The van der Waals surface area contributed by atoms with E-state index >= 15 is 0 Å². The molecule has 0 spiro atoms. The molecule has 1 aromatic carbocycles. The van der Waals surface area contributed by atoms with E-state index < -0.39 is 0 Å². The van der Waals surface area contributed by atoms with E-state index in [0.717, 1.165) is 37.0 Å². The second-order valence-electron chi connectivity index (χ2n) is 5.30. The first-order valence-electron chi connectivity index (χ1n) is 6.45. The molecule has 1 N–H and O–H groups in total. The monoisotopic (exact) mass is 234 g/mol. The van der Waals surface area contributed by atoms with Crippen LogP contribution in [0.4, 0.5) is 0 Å². The number of hydrogen-bond acceptors (Lipinski definition) is 2. The number of aliphatic hydroxyl groups excluding tert-OH is 1. The lowest BCUT2D eigenvalue weighted by Crippen LogP contribution is -2.37. The van der Waals surface area contributed by atoms with E-state index in [1.165, 1.54) is 11.1 Å². The standard InChI is InChI=1S/C15H22O2/c1-11-6-7-12(2)14(13(11)3)17-15(10-16)8-4-5-9-15/h6-7,16H,4-5,8-10H2,1-3H3. The van der Waals surface area contributed by atoms with Crippen molar-refractivity contribution in [3.05, 3.63) is 28.8 Å². The van der Waals surface area contributed by atoms with Crippen LogP contribution < -0.4 is 4.74 Å². The number of rotatable bonds is 3. The van der Waals surface area contributed by atoms with Crippen molar-refractivity contribution in [3.63, 3.8) is 0 Å². The first-order valence-corrected chi connectivity index (χ1v) is 6.45. The fourth-order valence-corrected chi connectivity index (χ4v) is 2.61. The van der Waals surface area contributed by atoms with Gasteiger partial charge in [0.05, 0.1) is 6.61 Å². The molecule has 94 valence electrons. The fourth-order valence-electron chi connectivity index (χ4n) is 2.61. The minimum absolute atomic E-state index is 0.125. The topological polar surface area (TPSA) is 29.5 Å². The lowest BCUT2D eigenvalue weighted by Gasteiger charge is -2.30. The van der Waals surface area contributed by atoms with Gasteiger partial charge in [-0.05, 0) is 63.1 Å². The van der Waals surface area contributed by atoms with Crippen molar-refractivity contribution in [2.45, 2.75) is 52.1 Å². The van der Waals surface area contributed by atoms with Gasteiger partial charge in [0.25, 0.3) is 0 Å². The Morgan fingerprint density at radius 1 is 1.12 bits per heavy atom. The van der Waals surface area contributed by atoms with E-state index in [4.69, 9.17) is 4.74 Å². The van der Waals surface area contributed by atoms with Crippen molar-refractivity contribution in [3.8, 4) is 5.75 Å². The lowest BCUT2D eigenvalue weighted by molar-refractivity contribution is 0.0141. The van der Waals surface area contributed by atoms with Crippen molar-refractivity contribution in [2.75, 3.05) is 6.61 Å². The van der Waals surface area contributed by atoms with Crippen molar-refractivity contribution in [2.24, 2.45) is 0 Å². The van der Waals surface area contributed by atoms with Crippen molar-refractivity contribution in [1.82, 2.24) is 0 Å². The molecule has 0 radical (unpaired) electrons. The SMILES string of the molecule is Cc1ccc(C)c(OC2(CO)CCCC2)c1C. The Hall–Kier alpha value is -1.02. The van der Waals surface area contributed by atoms with E-state index in [9.17, 15) is 5.11 Å². The summed E-state index contributed by atoms with van der Waals surface area (Å²) >= 11 is 0. The van der Waals surface area contributed by atoms with E-state index in [2.05, 4.69) is 32.9 Å². The van der Waals surface area contributed by atoms with Crippen LogP contribution in [0.2, 0.25) is 0 Å². The van der Waals surface area contributed by atoms with Gasteiger partial charge in [-0.3, -0.25) is 0 Å². The third-order valence-corrected chi connectivity index (χ3v) is 4.00. The van der Waals surface area contributed by atoms with Gasteiger partial charge in [0.1, 0.15) is 11.4 Å². The third-order valence-electron chi connectivity index (χ3n) is 4.00. The lowest BCUT2D eigenvalue weighted by atomic mass is 10.0. The molecule has 0 unspecified atom stereocenters. The molecule has 0 aliphatic heterocycles. The Bertz CT molecular complexity index is 404. The predicted molar refractivity (Wildman–Crippen MR) is 69.6 cm³/mol. The summed E-state index contributed by atoms with van der Waals surface area (Å²) in [4.78, 5) is 0. The molecule has 2 heteroatoms. The molecule has 0 heterocycles. The van der Waals surface area contributed by atoms with Crippen LogP contribution in [0.25, 0.3) is 0 Å². The molecule has 1 aliphatic rings. The molecule has 1 saturated carbocycles. The summed E-state index contributed by atoms with van der Waals surface area (Å²) in [7, 11) is 0. The highest BCUT2D eigenvalue weighted by Crippen LogP contribution is 2.37. The van der Waals surface area contributed by atoms with Crippen LogP contribution in [0.15, 0.2) is 12.1 Å². The summed E-state index contributed by atoms with van der Waals surface area (Å²) < 4.78 is 6.20. The minimum Gasteiger partial charge on any atom is -0.484 e. The second-order valence-corrected chi connectivity index (χ2v) is 5.30. The van der Waals surface area contributed by atoms with Crippen LogP contribution in [0.1, 0.15) is 42.4 Å². The molecular weight excluding hydrogens is 212 g/mol. The summed E-state index contributed by atoms with van der Waals surface area (Å²) in [5.41, 5.74) is 3.28. The van der Waals surface area contributed by atoms with E-state index in [0.29, 0.717) is 0 Å². The Kier molecular flexibility index (Phi) is 3.43. The Balaban J connectivity index is 2.32. The molecule has 0 aromatic heterocycles. The van der Waals surface area contributed by atoms with Crippen molar-refractivity contribution < 1.29 is 9.84 Å². The molecular formula is C15H22O2. The molecule has 0 atom stereocenters. The van der Waals surface area contributed by atoms with Gasteiger partial charge in [-0.25, -0.2) is 0 Å². The maximum absolute atomic E-state index is 9.60. The van der Waals surface area contributed by atoms with Gasteiger partial charge >= 0.3 is 0 Å². The Morgan fingerprint density at radius 2 is 1.71 bits per heavy atom. The van der Waals surface area contributed by atoms with Crippen LogP contribution in [0, 0.1) is 20.8 Å². The zero-order valence-electron chi connectivity index (χ0n) is 11.0. The van der Waals surface area contributed by atoms with Crippen LogP contribution in [-0.2, 0) is 0 Å². The summed E-state index contributed by atoms with van der Waals surface area (Å²) in [5.74, 6) is 0.973. The number of aliphatic hydroxyl groups is 1. The van der Waals surface area contributed by atoms with Gasteiger partial charge in [0.15, 0.2) is 0 Å². The number of hydrogen-bond donors (Lipinski definition) is 1. The highest BCUT2D eigenvalue weighted by atomic mass is 16.5. The van der Waals surface area contributed by atoms with E-state index in [-0.39, 0.29) is 12.2 Å². The molecule has 0 bridgehead atoms. The molecule has 1 aliphatic carbocycles. The molecule has 1 aromatic rings. The molecule has 17 heavy (non-hydrogen) atoms. The highest BCUT2D eigenvalue weighted by molar-refractivity contribution is 5.45. The van der Waals surface area contributed by atoms with Gasteiger partial charge in [-0.15, -0.1) is 0 Å². The Labute approximate surface area is 104 Å². The first kappa shape index (κ1) is 12.4. The molecule has 1 fully saturated rings. The van der Waals surface area contributed by atoms with E-state index in [1.807, 2.05) is 0 Å². The summed E-state index contributed by atoms with van der Waals surface area (Å²) in [6.45, 7) is 6.39. The summed E-state index contributed by atoms with van der Waals surface area (Å²) in [5, 5.41) is 9.60. The fraction of sp³-hybridized carbons (Fsp3) is 0.600. The van der Waals surface area contributed by atoms with E-state index in [1.54, 1.807) is 0 Å². The average Bonchev–Trinajstić information content (AvgIpc) is 2.79. The maximum atomic E-state index is 9.60. The summed E-state index contributed by atoms with van der Waals surface area (Å²) in [6.07, 6.45) is 4.25. The van der Waals surface area contributed by atoms with Crippen LogP contribution in [0.5, 0.6) is 5.75 Å². The van der Waals surface area contributed by atoms with Crippen molar-refractivity contribution in [1.29, 1.82) is 0 Å². The van der Waals surface area contributed by atoms with Gasteiger partial charge in [-0.1, -0.05) is 12.1 Å². The maximum Gasteiger partial charge on any atom is 0.132 e. The molecule has 0 saturated heterocycles. The van der Waals surface area contributed by atoms with Gasteiger partial charge in [0, 0.05) is 0 Å². The van der Waals surface area contributed by atoms with Crippen LogP contribution >= 0.6 is 0 Å². The normalized spacial score (nSPS) is 18.4. The molecule has 2 rings (SSSR count). The van der Waals surface area contributed by atoms with Crippen LogP contribution in [0.3, 0.4) is 0 Å². The van der Waals surface area contributed by atoms with Crippen LogP contribution in [-0.4, -0.2) is 17.3 Å². The van der Waals surface area contributed by atoms with Gasteiger partial charge < -0.3 is 9.84 Å². The third kappa shape index (κ3) is 2.32. The zero-order chi connectivity index (χ0) is 12.5. The highest BCUT2D eigenvalue weighted by Gasteiger charge is 2.36. The van der Waals surface area contributed by atoms with Gasteiger partial charge in [0.2, 0.25) is 0 Å². The second kappa shape index (κ2) is 4.69. The predicted octanol–water partition coefficient (Wildman–Crippen LogP) is 3.30. The average molecular weight is 234 g/mol. The number of aryl methyl sites for hydroxylation is 2. The van der Waals surface area contributed by atoms with Gasteiger partial charge in [-0.2, -0.15) is 0 Å². The molecule has 0 amide bonds. The Morgan fingerprint density at radius 3 is 2.29 bits per heavy atom. The summed E-state index contributed by atoms with van der Waals surface area (Å²) in [6, 6.07) is 4.22. The first-order chi connectivity index (χ1) is 8.08. The minimum atomic E-state index is -0.330. The number of ether oxygens (including phenoxy) is 1. The zero-order valence-corrected chi connectivity index (χ0v) is 11.0. The smallest absolute Gasteiger partial charge is 0.132 e.